The van der Waals surface area contributed by atoms with Gasteiger partial charge in [0, 0.05) is 37.5 Å². The molecule has 0 spiro atoms. The fraction of sp³-hybridized carbons (Fsp3) is 0. The van der Waals surface area contributed by atoms with Crippen molar-refractivity contribution < 1.29 is 26.3 Å². The van der Waals surface area contributed by atoms with E-state index in [1.54, 1.807) is 18.2 Å². The predicted molar refractivity (Wildman–Crippen MR) is 107 cm³/mol. The SMILES string of the molecule is Fc1cc([S+](c2cc(F)c(F)c(F)c2)c2ccc(I)c(I)c2)cc(F)c1F. The molecular weight excluding hydrogens is 616 g/mol. The van der Waals surface area contributed by atoms with Crippen LogP contribution in [0.1, 0.15) is 0 Å². The Bertz CT molecular complexity index is 937. The van der Waals surface area contributed by atoms with E-state index in [1.165, 1.54) is 0 Å². The van der Waals surface area contributed by atoms with Crippen molar-refractivity contribution in [3.63, 3.8) is 0 Å². The van der Waals surface area contributed by atoms with Crippen LogP contribution in [0, 0.1) is 42.0 Å². The third-order valence-corrected chi connectivity index (χ3v) is 8.52. The van der Waals surface area contributed by atoms with Crippen molar-refractivity contribution in [2.24, 2.45) is 0 Å². The summed E-state index contributed by atoms with van der Waals surface area (Å²) >= 11 is 4.12. The summed E-state index contributed by atoms with van der Waals surface area (Å²) in [6.45, 7) is 0. The van der Waals surface area contributed by atoms with Crippen LogP contribution >= 0.6 is 45.2 Å². The molecule has 140 valence electrons. The van der Waals surface area contributed by atoms with E-state index < -0.39 is 45.8 Å². The Morgan fingerprint density at radius 2 is 0.926 bits per heavy atom. The first kappa shape index (κ1) is 20.8. The zero-order valence-corrected chi connectivity index (χ0v) is 18.1. The molecular formula is C18H7F6I2S+. The molecule has 3 rings (SSSR count). The minimum atomic E-state index is -1.64. The number of hydrogen-bond donors (Lipinski definition) is 0. The first-order valence-corrected chi connectivity index (χ1v) is 10.6. The summed E-state index contributed by atoms with van der Waals surface area (Å²) in [7, 11) is -1.39. The van der Waals surface area contributed by atoms with Gasteiger partial charge in [0.15, 0.2) is 49.6 Å². The predicted octanol–water partition coefficient (Wildman–Crippen LogP) is 6.83. The first-order chi connectivity index (χ1) is 12.7. The molecule has 0 heterocycles. The molecule has 0 bridgehead atoms. The quantitative estimate of drug-likeness (QED) is 0.130. The van der Waals surface area contributed by atoms with E-state index in [0.717, 1.165) is 31.4 Å². The average molecular weight is 623 g/mol. The molecule has 0 nitrogen and oxygen atoms in total. The lowest BCUT2D eigenvalue weighted by molar-refractivity contribution is 0.442. The van der Waals surface area contributed by atoms with E-state index in [0.29, 0.717) is 4.90 Å². The summed E-state index contributed by atoms with van der Waals surface area (Å²) in [4.78, 5) is 0.415. The van der Waals surface area contributed by atoms with Gasteiger partial charge in [-0.3, -0.25) is 0 Å². The van der Waals surface area contributed by atoms with Gasteiger partial charge >= 0.3 is 0 Å². The van der Waals surface area contributed by atoms with Gasteiger partial charge in [-0.25, -0.2) is 26.3 Å². The van der Waals surface area contributed by atoms with Gasteiger partial charge in [-0.2, -0.15) is 0 Å². The van der Waals surface area contributed by atoms with Crippen molar-refractivity contribution in [2.75, 3.05) is 0 Å². The Balaban J connectivity index is 2.28. The maximum Gasteiger partial charge on any atom is 0.194 e. The number of hydrogen-bond acceptors (Lipinski definition) is 0. The van der Waals surface area contributed by atoms with Crippen LogP contribution in [-0.4, -0.2) is 0 Å². The Morgan fingerprint density at radius 1 is 0.519 bits per heavy atom. The van der Waals surface area contributed by atoms with Gasteiger partial charge in [-0.15, -0.1) is 0 Å². The molecule has 0 N–H and O–H groups in total. The molecule has 0 aromatic heterocycles. The van der Waals surface area contributed by atoms with Crippen LogP contribution in [0.15, 0.2) is 57.2 Å². The van der Waals surface area contributed by atoms with Crippen molar-refractivity contribution in [1.29, 1.82) is 0 Å². The maximum absolute atomic E-state index is 13.8. The summed E-state index contributed by atoms with van der Waals surface area (Å²) in [5.74, 6) is -8.99. The standard InChI is InChI=1S/C18H7F6I2S/c19-11-3-9(4-12(20)17(11)23)27(8-1-2-15(25)16(26)7-8)10-5-13(21)18(24)14(22)6-10/h1-7H/q+1. The zero-order chi connectivity index (χ0) is 19.9. The lowest BCUT2D eigenvalue weighted by Gasteiger charge is -2.10. The average Bonchev–Trinajstić information content (AvgIpc) is 2.60. The molecule has 0 saturated carbocycles. The van der Waals surface area contributed by atoms with Gasteiger partial charge < -0.3 is 0 Å². The lowest BCUT2D eigenvalue weighted by Crippen LogP contribution is -2.09. The topological polar surface area (TPSA) is 0 Å². The molecule has 0 amide bonds. The molecule has 0 fully saturated rings. The molecule has 0 aliphatic carbocycles. The smallest absolute Gasteiger partial charge is 0.194 e. The molecule has 0 radical (unpaired) electrons. The van der Waals surface area contributed by atoms with E-state index in [1.807, 2.05) is 22.6 Å². The third kappa shape index (κ3) is 4.24. The molecule has 9 heteroatoms. The number of benzene rings is 3. The van der Waals surface area contributed by atoms with Crippen LogP contribution in [0.2, 0.25) is 0 Å². The fourth-order valence-electron chi connectivity index (χ4n) is 2.31. The first-order valence-electron chi connectivity index (χ1n) is 7.17. The fourth-order valence-corrected chi connectivity index (χ4v) is 5.52. The van der Waals surface area contributed by atoms with Crippen molar-refractivity contribution in [3.05, 3.63) is 84.5 Å². The molecule has 0 atom stereocenters. The van der Waals surface area contributed by atoms with E-state index in [2.05, 4.69) is 22.6 Å². The molecule has 27 heavy (non-hydrogen) atoms. The minimum absolute atomic E-state index is 0.0335. The Hall–Kier alpha value is -0.950. The zero-order valence-electron chi connectivity index (χ0n) is 13.0. The summed E-state index contributed by atoms with van der Waals surface area (Å²) in [6, 6.07) is 8.12. The van der Waals surface area contributed by atoms with Crippen LogP contribution in [-0.2, 0) is 10.9 Å². The largest absolute Gasteiger partial charge is 0.203 e. The van der Waals surface area contributed by atoms with Crippen LogP contribution in [0.25, 0.3) is 0 Å². The summed E-state index contributed by atoms with van der Waals surface area (Å²) in [6.07, 6.45) is 0. The van der Waals surface area contributed by atoms with Gasteiger partial charge in [-0.1, -0.05) is 0 Å². The highest BCUT2D eigenvalue weighted by Gasteiger charge is 2.33. The molecule has 3 aromatic carbocycles. The maximum atomic E-state index is 13.8. The second-order valence-corrected chi connectivity index (χ2v) is 9.63. The number of rotatable bonds is 3. The van der Waals surface area contributed by atoms with Crippen molar-refractivity contribution in [1.82, 2.24) is 0 Å². The van der Waals surface area contributed by atoms with E-state index in [9.17, 15) is 26.3 Å². The second kappa shape index (κ2) is 8.19. The van der Waals surface area contributed by atoms with Gasteiger partial charge in [0.2, 0.25) is 0 Å². The van der Waals surface area contributed by atoms with E-state index in [-0.39, 0.29) is 9.79 Å². The molecule has 0 aliphatic rings. The molecule has 3 aromatic rings. The van der Waals surface area contributed by atoms with Crippen LogP contribution < -0.4 is 0 Å². The van der Waals surface area contributed by atoms with Gasteiger partial charge in [0.25, 0.3) is 0 Å². The number of halogens is 8. The summed E-state index contributed by atoms with van der Waals surface area (Å²) in [5.41, 5.74) is 0. The Labute approximate surface area is 180 Å². The Morgan fingerprint density at radius 3 is 1.30 bits per heavy atom. The van der Waals surface area contributed by atoms with Crippen LogP contribution in [0.5, 0.6) is 0 Å². The minimum Gasteiger partial charge on any atom is -0.203 e. The summed E-state index contributed by atoms with van der Waals surface area (Å²) < 4.78 is 83.5. The van der Waals surface area contributed by atoms with Crippen molar-refractivity contribution >= 4 is 56.1 Å². The van der Waals surface area contributed by atoms with Gasteiger partial charge in [-0.05, 0) is 57.3 Å². The molecule has 0 aliphatic heterocycles. The highest BCUT2D eigenvalue weighted by molar-refractivity contribution is 14.1. The molecule has 0 unspecified atom stereocenters. The molecule has 0 saturated heterocycles. The van der Waals surface area contributed by atoms with E-state index in [4.69, 9.17) is 0 Å². The van der Waals surface area contributed by atoms with Gasteiger partial charge in [0.05, 0.1) is 10.9 Å². The van der Waals surface area contributed by atoms with Crippen molar-refractivity contribution in [2.45, 2.75) is 14.7 Å². The lowest BCUT2D eigenvalue weighted by atomic mass is 10.3. The van der Waals surface area contributed by atoms with Crippen LogP contribution in [0.4, 0.5) is 26.3 Å². The van der Waals surface area contributed by atoms with E-state index >= 15 is 0 Å². The monoisotopic (exact) mass is 623 g/mol. The Kier molecular flexibility index (Phi) is 6.31. The second-order valence-electron chi connectivity index (χ2n) is 5.28. The van der Waals surface area contributed by atoms with Gasteiger partial charge in [0.1, 0.15) is 0 Å². The summed E-state index contributed by atoms with van der Waals surface area (Å²) in [5, 5.41) is 0. The highest BCUT2D eigenvalue weighted by Crippen LogP contribution is 2.35. The highest BCUT2D eigenvalue weighted by atomic mass is 127. The third-order valence-electron chi connectivity index (χ3n) is 3.51. The van der Waals surface area contributed by atoms with Crippen LogP contribution in [0.3, 0.4) is 0 Å². The van der Waals surface area contributed by atoms with Crippen molar-refractivity contribution in [3.8, 4) is 0 Å². The normalized spacial score (nSPS) is 11.3.